The van der Waals surface area contributed by atoms with Crippen LogP contribution in [-0.4, -0.2) is 9.38 Å². The van der Waals surface area contributed by atoms with E-state index in [1.807, 2.05) is 0 Å². The molecule has 0 amide bonds. The Kier molecular flexibility index (Phi) is 4.38. The fourth-order valence-corrected chi connectivity index (χ4v) is 5.51. The zero-order chi connectivity index (χ0) is 22.7. The molecule has 2 heteroatoms. The largest absolute Gasteiger partial charge is 0.291 e. The van der Waals surface area contributed by atoms with Crippen molar-refractivity contribution in [3.63, 3.8) is 0 Å². The van der Waals surface area contributed by atoms with Crippen molar-refractivity contribution < 1.29 is 0 Å². The number of imidazole rings is 1. The van der Waals surface area contributed by atoms with Crippen LogP contribution in [0.4, 0.5) is 0 Å². The molecule has 0 bridgehead atoms. The first-order chi connectivity index (χ1) is 16.0. The summed E-state index contributed by atoms with van der Waals surface area (Å²) in [5.41, 5.74) is 15.8. The average Bonchev–Trinajstić information content (AvgIpc) is 3.35. The summed E-state index contributed by atoms with van der Waals surface area (Å²) in [5, 5.41) is 0. The van der Waals surface area contributed by atoms with Crippen LogP contribution < -0.4 is 0 Å². The summed E-state index contributed by atoms with van der Waals surface area (Å²) < 4.78 is 2.38. The highest BCUT2D eigenvalue weighted by Gasteiger charge is 2.27. The van der Waals surface area contributed by atoms with Gasteiger partial charge in [0, 0.05) is 16.7 Å². The van der Waals surface area contributed by atoms with E-state index in [9.17, 15) is 0 Å². The highest BCUT2D eigenvalue weighted by Crippen LogP contribution is 2.47. The molecule has 0 aliphatic heterocycles. The molecule has 3 heterocycles. The van der Waals surface area contributed by atoms with Crippen molar-refractivity contribution >= 4 is 16.7 Å². The van der Waals surface area contributed by atoms with Gasteiger partial charge in [-0.3, -0.25) is 4.40 Å². The number of hydrogen-bond acceptors (Lipinski definition) is 1. The second-order valence-electron chi connectivity index (χ2n) is 9.12. The van der Waals surface area contributed by atoms with Gasteiger partial charge in [-0.1, -0.05) is 84.4 Å². The molecule has 0 N–H and O–H groups in total. The third-order valence-corrected chi connectivity index (χ3v) is 6.75. The van der Waals surface area contributed by atoms with Gasteiger partial charge in [0.25, 0.3) is 0 Å². The Hall–Kier alpha value is -3.91. The zero-order valence-corrected chi connectivity index (χ0v) is 19.5. The highest BCUT2D eigenvalue weighted by molar-refractivity contribution is 6.10. The van der Waals surface area contributed by atoms with Gasteiger partial charge in [-0.25, -0.2) is 4.98 Å². The lowest BCUT2D eigenvalue weighted by molar-refractivity contribution is 1.27. The summed E-state index contributed by atoms with van der Waals surface area (Å²) in [6.07, 6.45) is 0. The van der Waals surface area contributed by atoms with E-state index in [4.69, 9.17) is 4.98 Å². The molecule has 0 saturated carbocycles. The molecule has 0 aliphatic carbocycles. The molecule has 0 spiro atoms. The molecule has 0 radical (unpaired) electrons. The predicted molar refractivity (Wildman–Crippen MR) is 139 cm³/mol. The lowest BCUT2D eigenvalue weighted by Gasteiger charge is -2.12. The van der Waals surface area contributed by atoms with E-state index in [0.29, 0.717) is 0 Å². The summed E-state index contributed by atoms with van der Waals surface area (Å²) in [6, 6.07) is 30.4. The van der Waals surface area contributed by atoms with Crippen molar-refractivity contribution in [2.75, 3.05) is 0 Å². The van der Waals surface area contributed by atoms with Gasteiger partial charge < -0.3 is 0 Å². The van der Waals surface area contributed by atoms with E-state index in [2.05, 4.69) is 117 Å². The molecule has 0 fully saturated rings. The van der Waals surface area contributed by atoms with Crippen molar-refractivity contribution in [1.82, 2.24) is 9.38 Å². The lowest BCUT2D eigenvalue weighted by atomic mass is 9.92. The van der Waals surface area contributed by atoms with Crippen LogP contribution in [0.1, 0.15) is 22.3 Å². The first-order valence-electron chi connectivity index (χ1n) is 11.5. The van der Waals surface area contributed by atoms with Crippen LogP contribution in [0.3, 0.4) is 0 Å². The quantitative estimate of drug-likeness (QED) is 0.279. The van der Waals surface area contributed by atoms with Gasteiger partial charge in [-0.15, -0.1) is 0 Å². The van der Waals surface area contributed by atoms with E-state index < -0.39 is 0 Å². The summed E-state index contributed by atoms with van der Waals surface area (Å²) in [6.45, 7) is 8.78. The molecule has 0 atom stereocenters. The predicted octanol–water partition coefficient (Wildman–Crippen LogP) is 8.16. The SMILES string of the molecule is Cc1cc(C)c(-c2nc3ccc(C)c4c(-c5ccccc5)c(-c5ccccc5)c2n34)c(C)c1. The Morgan fingerprint density at radius 2 is 1.09 bits per heavy atom. The molecule has 0 saturated heterocycles. The first kappa shape index (κ1) is 19.8. The van der Waals surface area contributed by atoms with Crippen molar-refractivity contribution in [1.29, 1.82) is 0 Å². The summed E-state index contributed by atoms with van der Waals surface area (Å²) in [7, 11) is 0. The Balaban J connectivity index is 1.86. The van der Waals surface area contributed by atoms with E-state index in [0.717, 1.165) is 11.3 Å². The monoisotopic (exact) mass is 426 g/mol. The number of rotatable bonds is 3. The number of benzene rings is 3. The molecule has 3 aromatic heterocycles. The Bertz CT molecular complexity index is 1600. The van der Waals surface area contributed by atoms with Crippen LogP contribution >= 0.6 is 0 Å². The fraction of sp³-hybridized carbons (Fsp3) is 0.129. The number of pyridine rings is 1. The van der Waals surface area contributed by atoms with Gasteiger partial charge in [0.05, 0.1) is 16.7 Å². The van der Waals surface area contributed by atoms with Crippen molar-refractivity contribution in [3.8, 4) is 33.5 Å². The molecular formula is C31H26N2. The second-order valence-corrected chi connectivity index (χ2v) is 9.12. The number of nitrogens with zero attached hydrogens (tertiary/aromatic N) is 2. The number of hydrogen-bond donors (Lipinski definition) is 0. The summed E-state index contributed by atoms with van der Waals surface area (Å²) in [4.78, 5) is 5.22. The molecule has 6 rings (SSSR count). The first-order valence-corrected chi connectivity index (χ1v) is 11.5. The minimum atomic E-state index is 0.999. The van der Waals surface area contributed by atoms with Gasteiger partial charge in [0.1, 0.15) is 5.65 Å². The van der Waals surface area contributed by atoms with Crippen molar-refractivity contribution in [3.05, 3.63) is 107 Å². The van der Waals surface area contributed by atoms with Crippen LogP contribution in [0.25, 0.3) is 50.2 Å². The third-order valence-electron chi connectivity index (χ3n) is 6.75. The lowest BCUT2D eigenvalue weighted by Crippen LogP contribution is -1.92. The highest BCUT2D eigenvalue weighted by atomic mass is 15.0. The molecule has 160 valence electrons. The van der Waals surface area contributed by atoms with E-state index in [1.165, 1.54) is 61.1 Å². The maximum Gasteiger partial charge on any atom is 0.138 e. The van der Waals surface area contributed by atoms with E-state index in [-0.39, 0.29) is 0 Å². The molecular weight excluding hydrogens is 400 g/mol. The molecule has 3 aromatic carbocycles. The maximum atomic E-state index is 5.22. The van der Waals surface area contributed by atoms with Gasteiger partial charge in [-0.2, -0.15) is 0 Å². The Labute approximate surface area is 194 Å². The number of aryl methyl sites for hydroxylation is 4. The maximum absolute atomic E-state index is 5.22. The summed E-state index contributed by atoms with van der Waals surface area (Å²) >= 11 is 0. The standard InChI is InChI=1S/C31H26N2/c1-19-17-21(3)26(22(4)18-19)29-31-28(24-13-9-6-10-14-24)27(23-11-7-5-8-12-23)30-20(2)15-16-25(32-29)33(30)31/h5-18H,1-4H3. The normalized spacial score (nSPS) is 11.6. The third kappa shape index (κ3) is 2.91. The van der Waals surface area contributed by atoms with Crippen LogP contribution in [-0.2, 0) is 0 Å². The molecule has 0 aliphatic rings. The number of aromatic nitrogens is 2. The van der Waals surface area contributed by atoms with Crippen LogP contribution in [0.5, 0.6) is 0 Å². The van der Waals surface area contributed by atoms with E-state index in [1.54, 1.807) is 0 Å². The van der Waals surface area contributed by atoms with Crippen LogP contribution in [0, 0.1) is 27.7 Å². The second kappa shape index (κ2) is 7.31. The molecule has 0 unspecified atom stereocenters. The zero-order valence-electron chi connectivity index (χ0n) is 19.5. The average molecular weight is 427 g/mol. The summed E-state index contributed by atoms with van der Waals surface area (Å²) in [5.74, 6) is 0. The smallest absolute Gasteiger partial charge is 0.138 e. The molecule has 33 heavy (non-hydrogen) atoms. The van der Waals surface area contributed by atoms with Crippen LogP contribution in [0.2, 0.25) is 0 Å². The van der Waals surface area contributed by atoms with Crippen molar-refractivity contribution in [2.24, 2.45) is 0 Å². The van der Waals surface area contributed by atoms with E-state index >= 15 is 0 Å². The van der Waals surface area contributed by atoms with Gasteiger partial charge in [0.15, 0.2) is 0 Å². The van der Waals surface area contributed by atoms with Gasteiger partial charge >= 0.3 is 0 Å². The molecule has 2 nitrogen and oxygen atoms in total. The Morgan fingerprint density at radius 3 is 1.67 bits per heavy atom. The minimum Gasteiger partial charge on any atom is -0.291 e. The van der Waals surface area contributed by atoms with Gasteiger partial charge in [0.2, 0.25) is 0 Å². The Morgan fingerprint density at radius 1 is 0.545 bits per heavy atom. The van der Waals surface area contributed by atoms with Crippen molar-refractivity contribution in [2.45, 2.75) is 27.7 Å². The molecule has 6 aromatic rings. The topological polar surface area (TPSA) is 17.3 Å². The minimum absolute atomic E-state index is 0.999. The van der Waals surface area contributed by atoms with Gasteiger partial charge in [-0.05, 0) is 61.6 Å². The van der Waals surface area contributed by atoms with Crippen LogP contribution in [0.15, 0.2) is 84.9 Å². The fourth-order valence-electron chi connectivity index (χ4n) is 5.51.